The molecule has 1 N–H and O–H groups in total. The number of nitrogens with one attached hydrogen (secondary N) is 1. The van der Waals surface area contributed by atoms with Crippen molar-refractivity contribution in [2.75, 3.05) is 13.1 Å². The van der Waals surface area contributed by atoms with Gasteiger partial charge in [0.2, 0.25) is 0 Å². The van der Waals surface area contributed by atoms with E-state index in [0.29, 0.717) is 46.6 Å². The van der Waals surface area contributed by atoms with Crippen LogP contribution < -0.4 is 5.32 Å². The Morgan fingerprint density at radius 2 is 2.06 bits per heavy atom. The number of carbonyl (C=O) groups excluding carboxylic acids is 2. The molecule has 4 aromatic rings. The number of halogens is 1. The highest BCUT2D eigenvalue weighted by Crippen LogP contribution is 2.50. The van der Waals surface area contributed by atoms with E-state index in [9.17, 15) is 14.0 Å². The molecule has 0 radical (unpaired) electrons. The number of carbonyl (C=O) groups is 2. The number of hydrogen-bond donors (Lipinski definition) is 1. The molecule has 0 spiro atoms. The number of piperidine rings is 1. The topological polar surface area (TPSA) is 67.2 Å². The van der Waals surface area contributed by atoms with Crippen LogP contribution in [0.4, 0.5) is 4.39 Å². The number of aromatic nitrogens is 2. The minimum atomic E-state index is -0.344. The Hall–Kier alpha value is -3.52. The number of nitrogens with zero attached hydrogens (tertiary/aromatic N) is 3. The highest BCUT2D eigenvalue weighted by atomic mass is 32.1. The van der Waals surface area contributed by atoms with Crippen LogP contribution in [0.3, 0.4) is 0 Å². The summed E-state index contributed by atoms with van der Waals surface area (Å²) in [6.45, 7) is 2.92. The van der Waals surface area contributed by atoms with Gasteiger partial charge in [-0.3, -0.25) is 9.59 Å². The molecule has 35 heavy (non-hydrogen) atoms. The SMILES string of the molecule is Cc1nc(C(=O)N2C[C@H]3C[C@H]3[C@H]2CNC(=O)c2ccc3c(ccn3C)c2)c(-c2cccc(F)c2)s1. The lowest BCUT2D eigenvalue weighted by atomic mass is 10.1. The molecular weight excluding hydrogens is 463 g/mol. The van der Waals surface area contributed by atoms with Crippen molar-refractivity contribution in [2.45, 2.75) is 19.4 Å². The first-order chi connectivity index (χ1) is 16.9. The molecule has 6 nitrogen and oxygen atoms in total. The van der Waals surface area contributed by atoms with Gasteiger partial charge in [0, 0.05) is 42.8 Å². The van der Waals surface area contributed by atoms with E-state index >= 15 is 0 Å². The van der Waals surface area contributed by atoms with Crippen molar-refractivity contribution < 1.29 is 14.0 Å². The number of hydrogen-bond acceptors (Lipinski definition) is 4. The first-order valence-corrected chi connectivity index (χ1v) is 12.6. The smallest absolute Gasteiger partial charge is 0.274 e. The lowest BCUT2D eigenvalue weighted by Gasteiger charge is -2.27. The molecule has 0 unspecified atom stereocenters. The van der Waals surface area contributed by atoms with Crippen LogP contribution in [-0.4, -0.2) is 45.4 Å². The van der Waals surface area contributed by atoms with Crippen molar-refractivity contribution in [3.05, 3.63) is 76.8 Å². The van der Waals surface area contributed by atoms with E-state index < -0.39 is 0 Å². The van der Waals surface area contributed by atoms with Crippen LogP contribution in [0, 0.1) is 24.6 Å². The molecule has 2 aromatic heterocycles. The monoisotopic (exact) mass is 488 g/mol. The van der Waals surface area contributed by atoms with Gasteiger partial charge in [0.1, 0.15) is 11.5 Å². The number of fused-ring (bicyclic) bond motifs is 2. The van der Waals surface area contributed by atoms with Crippen LogP contribution in [0.1, 0.15) is 32.3 Å². The second-order valence-electron chi connectivity index (χ2n) is 9.52. The summed E-state index contributed by atoms with van der Waals surface area (Å²) in [5.41, 5.74) is 2.70. The predicted octanol–water partition coefficient (Wildman–Crippen LogP) is 4.64. The van der Waals surface area contributed by atoms with Crippen LogP contribution in [0.2, 0.25) is 0 Å². The number of likely N-dealkylation sites (tertiary alicyclic amines) is 1. The average Bonchev–Trinajstić information content (AvgIpc) is 3.16. The van der Waals surface area contributed by atoms with Crippen molar-refractivity contribution >= 4 is 34.1 Å². The minimum absolute atomic E-state index is 0.0701. The largest absolute Gasteiger partial charge is 0.351 e. The van der Waals surface area contributed by atoms with Crippen LogP contribution >= 0.6 is 11.3 Å². The predicted molar refractivity (Wildman–Crippen MR) is 134 cm³/mol. The Bertz CT molecular complexity index is 1480. The fourth-order valence-corrected chi connectivity index (χ4v) is 6.23. The number of benzene rings is 2. The maximum absolute atomic E-state index is 13.9. The molecule has 1 saturated heterocycles. The van der Waals surface area contributed by atoms with E-state index in [1.54, 1.807) is 12.1 Å². The van der Waals surface area contributed by atoms with Crippen molar-refractivity contribution in [3.8, 4) is 10.4 Å². The van der Waals surface area contributed by atoms with Gasteiger partial charge in [0.15, 0.2) is 0 Å². The quantitative estimate of drug-likeness (QED) is 0.445. The second kappa shape index (κ2) is 8.30. The first-order valence-electron chi connectivity index (χ1n) is 11.8. The fourth-order valence-electron chi connectivity index (χ4n) is 5.32. The second-order valence-corrected chi connectivity index (χ2v) is 10.7. The first kappa shape index (κ1) is 22.0. The molecule has 3 atom stereocenters. The van der Waals surface area contributed by atoms with Crippen molar-refractivity contribution in [2.24, 2.45) is 18.9 Å². The number of rotatable bonds is 5. The normalized spacial score (nSPS) is 20.8. The summed E-state index contributed by atoms with van der Waals surface area (Å²) in [6.07, 6.45) is 3.05. The van der Waals surface area contributed by atoms with E-state index in [4.69, 9.17) is 0 Å². The highest BCUT2D eigenvalue weighted by molar-refractivity contribution is 7.15. The van der Waals surface area contributed by atoms with Gasteiger partial charge in [-0.2, -0.15) is 0 Å². The summed E-state index contributed by atoms with van der Waals surface area (Å²) in [5.74, 6) is 0.235. The zero-order valence-corrected chi connectivity index (χ0v) is 20.3. The highest BCUT2D eigenvalue weighted by Gasteiger charge is 2.54. The van der Waals surface area contributed by atoms with Gasteiger partial charge in [-0.25, -0.2) is 9.37 Å². The molecule has 2 fully saturated rings. The Morgan fingerprint density at radius 1 is 1.20 bits per heavy atom. The summed E-state index contributed by atoms with van der Waals surface area (Å²) < 4.78 is 15.9. The molecule has 8 heteroatoms. The third-order valence-corrected chi connectivity index (χ3v) is 8.23. The van der Waals surface area contributed by atoms with Gasteiger partial charge >= 0.3 is 0 Å². The molecule has 2 aliphatic rings. The maximum Gasteiger partial charge on any atom is 0.274 e. The van der Waals surface area contributed by atoms with E-state index in [-0.39, 0.29) is 23.7 Å². The molecule has 3 heterocycles. The van der Waals surface area contributed by atoms with Gasteiger partial charge in [-0.1, -0.05) is 12.1 Å². The summed E-state index contributed by atoms with van der Waals surface area (Å²) in [6, 6.07) is 13.9. The third kappa shape index (κ3) is 3.91. The third-order valence-electron chi connectivity index (χ3n) is 7.21. The van der Waals surface area contributed by atoms with Gasteiger partial charge in [-0.15, -0.1) is 11.3 Å². The van der Waals surface area contributed by atoms with Crippen LogP contribution in [-0.2, 0) is 7.05 Å². The zero-order chi connectivity index (χ0) is 24.3. The van der Waals surface area contributed by atoms with Crippen LogP contribution in [0.25, 0.3) is 21.3 Å². The molecule has 1 saturated carbocycles. The molecule has 178 valence electrons. The number of aryl methyl sites for hydroxylation is 2. The van der Waals surface area contributed by atoms with E-state index in [2.05, 4.69) is 10.3 Å². The summed E-state index contributed by atoms with van der Waals surface area (Å²) in [4.78, 5) is 33.6. The Kier molecular flexibility index (Phi) is 5.21. The molecule has 1 aliphatic carbocycles. The van der Waals surface area contributed by atoms with Gasteiger partial charge in [0.05, 0.1) is 15.9 Å². The molecular formula is C27H25FN4O2S. The lowest BCUT2D eigenvalue weighted by molar-refractivity contribution is 0.0690. The van der Waals surface area contributed by atoms with E-state index in [0.717, 1.165) is 22.3 Å². The Balaban J connectivity index is 1.21. The van der Waals surface area contributed by atoms with Crippen molar-refractivity contribution in [1.82, 2.24) is 19.8 Å². The molecule has 2 aromatic carbocycles. The van der Waals surface area contributed by atoms with Gasteiger partial charge in [0.25, 0.3) is 11.8 Å². The van der Waals surface area contributed by atoms with Gasteiger partial charge in [-0.05, 0) is 67.1 Å². The van der Waals surface area contributed by atoms with Gasteiger partial charge < -0.3 is 14.8 Å². The Labute approximate surface area is 206 Å². The van der Waals surface area contributed by atoms with Crippen LogP contribution in [0.15, 0.2) is 54.7 Å². The number of thiazole rings is 1. The standard InChI is InChI=1S/C27H25FN4O2S/c1-15-30-24(25(35-15)17-4-3-5-20(28)11-17)27(34)32-14-19-12-21(19)23(32)13-29-26(33)18-6-7-22-16(10-18)8-9-31(22)2/h3-11,19,21,23H,12-14H2,1-2H3,(H,29,33)/t19-,21-,23-/m1/s1. The fraction of sp³-hybridized carbons (Fsp3) is 0.296. The molecule has 1 aliphatic heterocycles. The van der Waals surface area contributed by atoms with E-state index in [1.165, 1.54) is 23.5 Å². The minimum Gasteiger partial charge on any atom is -0.351 e. The van der Waals surface area contributed by atoms with Crippen LogP contribution in [0.5, 0.6) is 0 Å². The maximum atomic E-state index is 13.9. The summed E-state index contributed by atoms with van der Waals surface area (Å²) in [5, 5.41) is 4.84. The number of amides is 2. The molecule has 6 rings (SSSR count). The zero-order valence-electron chi connectivity index (χ0n) is 19.5. The van der Waals surface area contributed by atoms with Crippen molar-refractivity contribution in [1.29, 1.82) is 0 Å². The molecule has 2 amide bonds. The summed E-state index contributed by atoms with van der Waals surface area (Å²) in [7, 11) is 1.98. The summed E-state index contributed by atoms with van der Waals surface area (Å²) >= 11 is 1.40. The molecule has 0 bridgehead atoms. The van der Waals surface area contributed by atoms with Crippen molar-refractivity contribution in [3.63, 3.8) is 0 Å². The Morgan fingerprint density at radius 3 is 2.89 bits per heavy atom. The van der Waals surface area contributed by atoms with E-state index in [1.807, 2.05) is 53.9 Å². The average molecular weight is 489 g/mol. The lowest BCUT2D eigenvalue weighted by Crippen LogP contribution is -2.45.